The lowest BCUT2D eigenvalue weighted by Crippen LogP contribution is -2.34. The third-order valence-corrected chi connectivity index (χ3v) is 3.76. The normalized spacial score (nSPS) is 19.2. The minimum absolute atomic E-state index is 0.724. The van der Waals surface area contributed by atoms with E-state index in [1.165, 1.54) is 18.4 Å². The van der Waals surface area contributed by atoms with Crippen LogP contribution >= 0.6 is 0 Å². The number of piperidine rings is 1. The molecule has 1 N–H and O–H groups in total. The molecule has 1 atom stereocenters. The molecule has 1 saturated heterocycles. The number of benzene rings is 1. The zero-order valence-electron chi connectivity index (χ0n) is 11.9. The molecule has 1 aromatic carbocycles. The van der Waals surface area contributed by atoms with Crippen molar-refractivity contribution in [3.05, 3.63) is 29.3 Å². The molecule has 1 heterocycles. The molecule has 19 heavy (non-hydrogen) atoms. The minimum atomic E-state index is 0.724. The summed E-state index contributed by atoms with van der Waals surface area (Å²) >= 11 is 0. The van der Waals surface area contributed by atoms with Gasteiger partial charge in [-0.25, -0.2) is 0 Å². The van der Waals surface area contributed by atoms with Gasteiger partial charge < -0.3 is 10.2 Å². The number of hydrogen-bond donors (Lipinski definition) is 1. The molecule has 0 radical (unpaired) electrons. The van der Waals surface area contributed by atoms with E-state index < -0.39 is 0 Å². The highest BCUT2D eigenvalue weighted by Crippen LogP contribution is 2.26. The summed E-state index contributed by atoms with van der Waals surface area (Å²) in [6.45, 7) is 8.31. The standard InChI is InChI=1S/C16H23N3/c1-3-18-11-14-6-7-16(15(9-14)10-17)19-8-4-5-13(2)12-19/h6-7,9,13,18H,3-5,8,11-12H2,1-2H3. The molecule has 1 fully saturated rings. The van der Waals surface area contributed by atoms with Crippen LogP contribution in [0.2, 0.25) is 0 Å². The van der Waals surface area contributed by atoms with Gasteiger partial charge in [0.05, 0.1) is 11.3 Å². The number of nitrogens with zero attached hydrogens (tertiary/aromatic N) is 2. The summed E-state index contributed by atoms with van der Waals surface area (Å²) in [6.07, 6.45) is 2.53. The quantitative estimate of drug-likeness (QED) is 0.901. The highest BCUT2D eigenvalue weighted by Gasteiger charge is 2.19. The molecule has 1 aliphatic rings. The van der Waals surface area contributed by atoms with Gasteiger partial charge in [-0.1, -0.05) is 19.9 Å². The predicted octanol–water partition coefficient (Wildman–Crippen LogP) is 2.90. The molecule has 3 heteroatoms. The van der Waals surface area contributed by atoms with E-state index in [0.29, 0.717) is 0 Å². The Labute approximate surface area is 116 Å². The molecule has 3 nitrogen and oxygen atoms in total. The molecule has 0 aromatic heterocycles. The molecular weight excluding hydrogens is 234 g/mol. The summed E-state index contributed by atoms with van der Waals surface area (Å²) in [5.41, 5.74) is 3.10. The first-order chi connectivity index (χ1) is 9.24. The molecule has 1 aliphatic heterocycles. The Hall–Kier alpha value is -1.53. The van der Waals surface area contributed by atoms with Gasteiger partial charge in [-0.15, -0.1) is 0 Å². The Morgan fingerprint density at radius 1 is 1.47 bits per heavy atom. The summed E-state index contributed by atoms with van der Waals surface area (Å²) < 4.78 is 0. The highest BCUT2D eigenvalue weighted by molar-refractivity contribution is 5.60. The Kier molecular flexibility index (Phi) is 4.81. The van der Waals surface area contributed by atoms with Crippen LogP contribution in [0.4, 0.5) is 5.69 Å². The number of hydrogen-bond acceptors (Lipinski definition) is 3. The average Bonchev–Trinajstić information content (AvgIpc) is 2.44. The SMILES string of the molecule is CCNCc1ccc(N2CCCC(C)C2)c(C#N)c1. The van der Waals surface area contributed by atoms with Crippen LogP contribution in [0.15, 0.2) is 18.2 Å². The summed E-state index contributed by atoms with van der Waals surface area (Å²) in [5, 5.41) is 12.7. The van der Waals surface area contributed by atoms with Crippen molar-refractivity contribution in [2.24, 2.45) is 5.92 Å². The lowest BCUT2D eigenvalue weighted by molar-refractivity contribution is 0.446. The van der Waals surface area contributed by atoms with Gasteiger partial charge in [-0.3, -0.25) is 0 Å². The Morgan fingerprint density at radius 2 is 2.32 bits per heavy atom. The Balaban J connectivity index is 2.18. The van der Waals surface area contributed by atoms with Crippen molar-refractivity contribution in [2.45, 2.75) is 33.2 Å². The maximum atomic E-state index is 9.37. The number of anilines is 1. The summed E-state index contributed by atoms with van der Waals surface area (Å²) in [6, 6.07) is 8.63. The predicted molar refractivity (Wildman–Crippen MR) is 79.1 cm³/mol. The maximum absolute atomic E-state index is 9.37. The first-order valence-electron chi connectivity index (χ1n) is 7.23. The fourth-order valence-corrected chi connectivity index (χ4v) is 2.74. The lowest BCUT2D eigenvalue weighted by Gasteiger charge is -2.33. The van der Waals surface area contributed by atoms with Crippen molar-refractivity contribution >= 4 is 5.69 Å². The second-order valence-corrected chi connectivity index (χ2v) is 5.44. The third-order valence-electron chi connectivity index (χ3n) is 3.76. The topological polar surface area (TPSA) is 39.1 Å². The number of rotatable bonds is 4. The van der Waals surface area contributed by atoms with E-state index in [0.717, 1.165) is 43.3 Å². The van der Waals surface area contributed by atoms with E-state index in [1.54, 1.807) is 0 Å². The second-order valence-electron chi connectivity index (χ2n) is 5.44. The maximum Gasteiger partial charge on any atom is 0.101 e. The fourth-order valence-electron chi connectivity index (χ4n) is 2.74. The van der Waals surface area contributed by atoms with Crippen LogP contribution in [-0.2, 0) is 6.54 Å². The van der Waals surface area contributed by atoms with Crippen LogP contribution in [0.25, 0.3) is 0 Å². The summed E-state index contributed by atoms with van der Waals surface area (Å²) in [5.74, 6) is 0.724. The van der Waals surface area contributed by atoms with Crippen LogP contribution in [-0.4, -0.2) is 19.6 Å². The van der Waals surface area contributed by atoms with Crippen LogP contribution in [0.3, 0.4) is 0 Å². The largest absolute Gasteiger partial charge is 0.370 e. The molecule has 0 saturated carbocycles. The molecule has 0 amide bonds. The molecule has 2 rings (SSSR count). The highest BCUT2D eigenvalue weighted by atomic mass is 15.1. The van der Waals surface area contributed by atoms with E-state index in [1.807, 2.05) is 6.07 Å². The van der Waals surface area contributed by atoms with E-state index >= 15 is 0 Å². The van der Waals surface area contributed by atoms with E-state index in [-0.39, 0.29) is 0 Å². The smallest absolute Gasteiger partial charge is 0.101 e. The minimum Gasteiger partial charge on any atom is -0.370 e. The van der Waals surface area contributed by atoms with Gasteiger partial charge in [0.15, 0.2) is 0 Å². The second kappa shape index (κ2) is 6.58. The van der Waals surface area contributed by atoms with Crippen molar-refractivity contribution < 1.29 is 0 Å². The van der Waals surface area contributed by atoms with Gasteiger partial charge in [-0.05, 0) is 43.0 Å². The summed E-state index contributed by atoms with van der Waals surface area (Å²) in [4.78, 5) is 2.36. The summed E-state index contributed by atoms with van der Waals surface area (Å²) in [7, 11) is 0. The lowest BCUT2D eigenvalue weighted by atomic mass is 9.98. The molecule has 0 spiro atoms. The van der Waals surface area contributed by atoms with Crippen molar-refractivity contribution in [1.82, 2.24) is 5.32 Å². The molecule has 0 bridgehead atoms. The van der Waals surface area contributed by atoms with Crippen LogP contribution in [0, 0.1) is 17.2 Å². The van der Waals surface area contributed by atoms with Crippen LogP contribution in [0.5, 0.6) is 0 Å². The van der Waals surface area contributed by atoms with E-state index in [9.17, 15) is 5.26 Å². The number of nitriles is 1. The Morgan fingerprint density at radius 3 is 3.00 bits per heavy atom. The third kappa shape index (κ3) is 3.48. The van der Waals surface area contributed by atoms with E-state index in [4.69, 9.17) is 0 Å². The van der Waals surface area contributed by atoms with E-state index in [2.05, 4.69) is 42.3 Å². The van der Waals surface area contributed by atoms with Crippen molar-refractivity contribution in [3.63, 3.8) is 0 Å². The molecular formula is C16H23N3. The zero-order chi connectivity index (χ0) is 13.7. The van der Waals surface area contributed by atoms with Gasteiger partial charge >= 0.3 is 0 Å². The van der Waals surface area contributed by atoms with Crippen molar-refractivity contribution in [3.8, 4) is 6.07 Å². The van der Waals surface area contributed by atoms with Gasteiger partial charge in [-0.2, -0.15) is 5.26 Å². The van der Waals surface area contributed by atoms with Gasteiger partial charge in [0.2, 0.25) is 0 Å². The van der Waals surface area contributed by atoms with Crippen LogP contribution < -0.4 is 10.2 Å². The molecule has 102 valence electrons. The zero-order valence-corrected chi connectivity index (χ0v) is 11.9. The van der Waals surface area contributed by atoms with Crippen molar-refractivity contribution in [2.75, 3.05) is 24.5 Å². The molecule has 0 aliphatic carbocycles. The fraction of sp³-hybridized carbons (Fsp3) is 0.562. The first-order valence-corrected chi connectivity index (χ1v) is 7.23. The van der Waals surface area contributed by atoms with Gasteiger partial charge in [0.1, 0.15) is 6.07 Å². The average molecular weight is 257 g/mol. The van der Waals surface area contributed by atoms with Gasteiger partial charge in [0.25, 0.3) is 0 Å². The van der Waals surface area contributed by atoms with Crippen LogP contribution in [0.1, 0.15) is 37.8 Å². The van der Waals surface area contributed by atoms with Gasteiger partial charge in [0, 0.05) is 19.6 Å². The monoisotopic (exact) mass is 257 g/mol. The number of nitrogens with one attached hydrogen (secondary N) is 1. The molecule has 1 aromatic rings. The molecule has 1 unspecified atom stereocenters. The first kappa shape index (κ1) is 13.9. The Bertz CT molecular complexity index is 462. The van der Waals surface area contributed by atoms with Crippen molar-refractivity contribution in [1.29, 1.82) is 5.26 Å².